The maximum absolute atomic E-state index is 2.33. The van der Waals surface area contributed by atoms with Crippen LogP contribution in [0.25, 0.3) is 0 Å². The van der Waals surface area contributed by atoms with E-state index >= 15 is 0 Å². The molecule has 10 heavy (non-hydrogen) atoms. The third-order valence-electron chi connectivity index (χ3n) is 2.21. The van der Waals surface area contributed by atoms with Gasteiger partial charge in [0.05, 0.1) is 0 Å². The van der Waals surface area contributed by atoms with E-state index in [0.29, 0.717) is 0 Å². The van der Waals surface area contributed by atoms with Crippen molar-refractivity contribution in [3.8, 4) is 0 Å². The van der Waals surface area contributed by atoms with Gasteiger partial charge in [-0.25, -0.2) is 0 Å². The quantitative estimate of drug-likeness (QED) is 0.449. The Morgan fingerprint density at radius 1 is 0.900 bits per heavy atom. The van der Waals surface area contributed by atoms with Gasteiger partial charge in [-0.1, -0.05) is 38.2 Å². The lowest BCUT2D eigenvalue weighted by molar-refractivity contribution is 0.552. The Hall–Kier alpha value is -0.520. The van der Waals surface area contributed by atoms with Crippen LogP contribution in [0.15, 0.2) is 24.3 Å². The van der Waals surface area contributed by atoms with Gasteiger partial charge in [0.15, 0.2) is 0 Å². The average molecular weight is 136 g/mol. The summed E-state index contributed by atoms with van der Waals surface area (Å²) >= 11 is 0. The normalized spacial score (nSPS) is 39.8. The number of hydrogen-bond acceptors (Lipinski definition) is 0. The molecule has 0 amide bonds. The summed E-state index contributed by atoms with van der Waals surface area (Å²) in [5.41, 5.74) is 0. The molecule has 0 fully saturated rings. The maximum atomic E-state index is 2.33. The van der Waals surface area contributed by atoms with Gasteiger partial charge in [-0.15, -0.1) is 0 Å². The van der Waals surface area contributed by atoms with E-state index in [1.54, 1.807) is 0 Å². The number of hydrogen-bond donors (Lipinski definition) is 0. The van der Waals surface area contributed by atoms with Gasteiger partial charge >= 0.3 is 0 Å². The molecule has 1 aliphatic carbocycles. The summed E-state index contributed by atoms with van der Waals surface area (Å²) in [7, 11) is 0. The van der Waals surface area contributed by atoms with Gasteiger partial charge in [-0.2, -0.15) is 0 Å². The molecular weight excluding hydrogens is 120 g/mol. The molecule has 0 unspecified atom stereocenters. The molecule has 56 valence electrons. The minimum absolute atomic E-state index is 0.719. The van der Waals surface area contributed by atoms with Crippen LogP contribution in [0.3, 0.4) is 0 Å². The highest BCUT2D eigenvalue weighted by molar-refractivity contribution is 5.00. The Labute approximate surface area is 63.6 Å². The molecule has 0 saturated carbocycles. The Morgan fingerprint density at radius 2 is 1.30 bits per heavy atom. The molecule has 0 heterocycles. The Kier molecular flexibility index (Phi) is 2.73. The number of allylic oxidation sites excluding steroid dienone is 4. The molecule has 1 rings (SSSR count). The van der Waals surface area contributed by atoms with Crippen LogP contribution in [-0.4, -0.2) is 0 Å². The van der Waals surface area contributed by atoms with Crippen molar-refractivity contribution in [2.75, 3.05) is 0 Å². The fourth-order valence-electron chi connectivity index (χ4n) is 1.16. The van der Waals surface area contributed by atoms with Crippen LogP contribution in [0.2, 0.25) is 0 Å². The van der Waals surface area contributed by atoms with Gasteiger partial charge in [0.1, 0.15) is 0 Å². The van der Waals surface area contributed by atoms with E-state index in [-0.39, 0.29) is 0 Å². The van der Waals surface area contributed by atoms with Crippen LogP contribution >= 0.6 is 0 Å². The molecule has 0 aliphatic heterocycles. The van der Waals surface area contributed by atoms with Crippen molar-refractivity contribution in [1.29, 1.82) is 0 Å². The second kappa shape index (κ2) is 3.60. The molecule has 0 heteroatoms. The second-order valence-corrected chi connectivity index (χ2v) is 3.15. The van der Waals surface area contributed by atoms with Gasteiger partial charge in [0.2, 0.25) is 0 Å². The first-order valence-corrected chi connectivity index (χ1v) is 4.14. The van der Waals surface area contributed by atoms with Gasteiger partial charge in [-0.3, -0.25) is 0 Å². The minimum atomic E-state index is 0.719. The first-order chi connectivity index (χ1) is 4.80. The van der Waals surface area contributed by atoms with E-state index < -0.39 is 0 Å². The van der Waals surface area contributed by atoms with Crippen molar-refractivity contribution in [1.82, 2.24) is 0 Å². The van der Waals surface area contributed by atoms with Crippen molar-refractivity contribution in [2.24, 2.45) is 11.8 Å². The van der Waals surface area contributed by atoms with Gasteiger partial charge in [-0.05, 0) is 24.7 Å². The molecule has 2 atom stereocenters. The van der Waals surface area contributed by atoms with Crippen LogP contribution in [-0.2, 0) is 0 Å². The van der Waals surface area contributed by atoms with Crippen LogP contribution in [0, 0.1) is 11.8 Å². The fraction of sp³-hybridized carbons (Fsp3) is 0.600. The molecule has 0 radical (unpaired) electrons. The first-order valence-electron chi connectivity index (χ1n) is 4.14. The van der Waals surface area contributed by atoms with Crippen LogP contribution in [0.4, 0.5) is 0 Å². The lowest BCUT2D eigenvalue weighted by atomic mass is 9.93. The largest absolute Gasteiger partial charge is 0.0879 e. The predicted molar refractivity (Wildman–Crippen MR) is 45.8 cm³/mol. The van der Waals surface area contributed by atoms with Gasteiger partial charge in [0, 0.05) is 0 Å². The fourth-order valence-corrected chi connectivity index (χ4v) is 1.16. The first kappa shape index (κ1) is 7.59. The average Bonchev–Trinajstić information content (AvgIpc) is 1.92. The second-order valence-electron chi connectivity index (χ2n) is 3.15. The summed E-state index contributed by atoms with van der Waals surface area (Å²) in [5.74, 6) is 1.44. The Morgan fingerprint density at radius 3 is 1.70 bits per heavy atom. The van der Waals surface area contributed by atoms with Crippen molar-refractivity contribution < 1.29 is 0 Å². The van der Waals surface area contributed by atoms with Gasteiger partial charge < -0.3 is 0 Å². The summed E-state index contributed by atoms with van der Waals surface area (Å²) in [4.78, 5) is 0. The molecule has 1 aliphatic rings. The summed E-state index contributed by atoms with van der Waals surface area (Å²) in [6.45, 7) is 4.55. The highest BCUT2D eigenvalue weighted by atomic mass is 14.1. The van der Waals surface area contributed by atoms with Crippen molar-refractivity contribution in [3.63, 3.8) is 0 Å². The molecule has 0 aromatic rings. The van der Waals surface area contributed by atoms with Crippen molar-refractivity contribution >= 4 is 0 Å². The summed E-state index contributed by atoms with van der Waals surface area (Å²) in [5, 5.41) is 0. The molecule has 0 nitrogen and oxygen atoms in total. The van der Waals surface area contributed by atoms with E-state index in [1.165, 1.54) is 12.8 Å². The molecule has 0 saturated heterocycles. The minimum Gasteiger partial charge on any atom is -0.0879 e. The zero-order valence-electron chi connectivity index (χ0n) is 6.88. The summed E-state index contributed by atoms with van der Waals surface area (Å²) in [6, 6.07) is 0. The number of rotatable bonds is 0. The third-order valence-corrected chi connectivity index (χ3v) is 2.21. The smallest absolute Gasteiger partial charge is 0.0202 e. The standard InChI is InChI=1S/C10H16/c1-9-7-5-3-4-6-8-10(9)2/h5-10H,3-4H2,1-2H3/b7-5-,8-6-/t9-,10-/m0/s1. The zero-order chi connectivity index (χ0) is 7.40. The molecule has 0 bridgehead atoms. The lowest BCUT2D eigenvalue weighted by Crippen LogP contribution is -2.02. The predicted octanol–water partition coefficient (Wildman–Crippen LogP) is 3.16. The molecular formula is C10H16. The maximum Gasteiger partial charge on any atom is -0.0202 e. The molecule has 0 aromatic carbocycles. The summed E-state index contributed by atoms with van der Waals surface area (Å²) in [6.07, 6.45) is 11.7. The van der Waals surface area contributed by atoms with E-state index in [2.05, 4.69) is 38.2 Å². The monoisotopic (exact) mass is 136 g/mol. The Bertz CT molecular complexity index is 124. The van der Waals surface area contributed by atoms with E-state index in [1.807, 2.05) is 0 Å². The molecule has 0 N–H and O–H groups in total. The van der Waals surface area contributed by atoms with Crippen LogP contribution < -0.4 is 0 Å². The topological polar surface area (TPSA) is 0 Å². The van der Waals surface area contributed by atoms with Crippen LogP contribution in [0.5, 0.6) is 0 Å². The highest BCUT2D eigenvalue weighted by Gasteiger charge is 2.05. The molecule has 0 spiro atoms. The summed E-state index contributed by atoms with van der Waals surface area (Å²) < 4.78 is 0. The molecule has 0 aromatic heterocycles. The zero-order valence-corrected chi connectivity index (χ0v) is 6.88. The Balaban J connectivity index is 2.55. The lowest BCUT2D eigenvalue weighted by Gasteiger charge is -2.13. The van der Waals surface area contributed by atoms with Gasteiger partial charge in [0.25, 0.3) is 0 Å². The highest BCUT2D eigenvalue weighted by Crippen LogP contribution is 2.16. The van der Waals surface area contributed by atoms with E-state index in [9.17, 15) is 0 Å². The van der Waals surface area contributed by atoms with Crippen molar-refractivity contribution in [3.05, 3.63) is 24.3 Å². The van der Waals surface area contributed by atoms with Crippen molar-refractivity contribution in [2.45, 2.75) is 26.7 Å². The van der Waals surface area contributed by atoms with E-state index in [0.717, 1.165) is 11.8 Å². The van der Waals surface area contributed by atoms with Crippen LogP contribution in [0.1, 0.15) is 26.7 Å². The SMILES string of the molecule is C[C@H]1/C=C\CC/C=C\[C@@H]1C. The third kappa shape index (κ3) is 2.02. The van der Waals surface area contributed by atoms with E-state index in [4.69, 9.17) is 0 Å².